The van der Waals surface area contributed by atoms with E-state index >= 15 is 0 Å². The summed E-state index contributed by atoms with van der Waals surface area (Å²) in [4.78, 5) is 0. The van der Waals surface area contributed by atoms with Gasteiger partial charge in [-0.1, -0.05) is 33.3 Å². The van der Waals surface area contributed by atoms with Crippen molar-refractivity contribution in [1.29, 1.82) is 0 Å². The highest BCUT2D eigenvalue weighted by molar-refractivity contribution is 7.94. The quantitative estimate of drug-likeness (QED) is 0.542. The van der Waals surface area contributed by atoms with Crippen LogP contribution in [0.15, 0.2) is 38.3 Å². The van der Waals surface area contributed by atoms with E-state index in [0.717, 1.165) is 48.0 Å². The molecule has 1 aliphatic carbocycles. The fourth-order valence-corrected chi connectivity index (χ4v) is 6.22. The van der Waals surface area contributed by atoms with Gasteiger partial charge in [-0.25, -0.2) is 8.42 Å². The lowest BCUT2D eigenvalue weighted by Gasteiger charge is -2.36. The molecule has 2 heterocycles. The topological polar surface area (TPSA) is 59.3 Å². The first-order valence-electron chi connectivity index (χ1n) is 9.82. The van der Waals surface area contributed by atoms with Gasteiger partial charge in [-0.15, -0.1) is 11.3 Å². The van der Waals surface area contributed by atoms with Gasteiger partial charge in [-0.05, 0) is 60.2 Å². The van der Waals surface area contributed by atoms with Crippen LogP contribution in [0.25, 0.3) is 11.0 Å². The number of rotatable bonds is 5. The zero-order valence-electron chi connectivity index (χ0n) is 16.8. The van der Waals surface area contributed by atoms with Crippen molar-refractivity contribution in [3.8, 4) is 0 Å². The van der Waals surface area contributed by atoms with Crippen molar-refractivity contribution in [3.05, 3.63) is 46.5 Å². The molecule has 1 N–H and O–H groups in total. The molecule has 0 saturated heterocycles. The zero-order valence-corrected chi connectivity index (χ0v) is 18.5. The zero-order chi connectivity index (χ0) is 20.1. The predicted octanol–water partition coefficient (Wildman–Crippen LogP) is 6.14. The smallest absolute Gasteiger partial charge is 0.271 e. The number of sulfonamides is 1. The van der Waals surface area contributed by atoms with E-state index in [1.54, 1.807) is 17.5 Å². The maximum atomic E-state index is 12.7. The summed E-state index contributed by atoms with van der Waals surface area (Å²) in [6.07, 6.45) is 4.23. The van der Waals surface area contributed by atoms with Crippen LogP contribution in [0.1, 0.15) is 50.5 Å². The highest BCUT2D eigenvalue weighted by Gasteiger charge is 2.33. The number of furan rings is 1. The SMILES string of the molecule is CCC(C)(C)[C@H]1CCc2oc3cc(C)c(NS(=O)(=O)c4cccs4)cc3c2C1. The van der Waals surface area contributed by atoms with E-state index in [2.05, 4.69) is 25.5 Å². The summed E-state index contributed by atoms with van der Waals surface area (Å²) in [6, 6.07) is 7.29. The Morgan fingerprint density at radius 1 is 1.32 bits per heavy atom. The van der Waals surface area contributed by atoms with E-state index in [4.69, 9.17) is 4.42 Å². The number of thiophene rings is 1. The Morgan fingerprint density at radius 3 is 2.79 bits per heavy atom. The lowest BCUT2D eigenvalue weighted by atomic mass is 9.69. The minimum atomic E-state index is -3.57. The molecule has 0 saturated carbocycles. The van der Waals surface area contributed by atoms with Crippen LogP contribution in [0.3, 0.4) is 0 Å². The number of nitrogens with one attached hydrogen (secondary N) is 1. The highest BCUT2D eigenvalue weighted by atomic mass is 32.2. The number of aryl methyl sites for hydroxylation is 2. The molecule has 0 unspecified atom stereocenters. The van der Waals surface area contributed by atoms with Crippen molar-refractivity contribution in [2.75, 3.05) is 4.72 Å². The summed E-state index contributed by atoms with van der Waals surface area (Å²) in [5.74, 6) is 1.68. The second-order valence-corrected chi connectivity index (χ2v) is 11.3. The van der Waals surface area contributed by atoms with E-state index in [1.165, 1.54) is 16.9 Å². The second kappa shape index (κ2) is 6.92. The van der Waals surface area contributed by atoms with Gasteiger partial charge in [0, 0.05) is 17.4 Å². The summed E-state index contributed by atoms with van der Waals surface area (Å²) in [7, 11) is -3.57. The Morgan fingerprint density at radius 2 is 2.11 bits per heavy atom. The van der Waals surface area contributed by atoms with Gasteiger partial charge in [-0.2, -0.15) is 0 Å². The van der Waals surface area contributed by atoms with E-state index < -0.39 is 10.0 Å². The first-order valence-corrected chi connectivity index (χ1v) is 12.2. The van der Waals surface area contributed by atoms with Crippen molar-refractivity contribution in [3.63, 3.8) is 0 Å². The highest BCUT2D eigenvalue weighted by Crippen LogP contribution is 2.43. The normalized spacial score (nSPS) is 17.6. The van der Waals surface area contributed by atoms with Crippen molar-refractivity contribution in [2.45, 2.75) is 57.6 Å². The molecular formula is C22H27NO3S2. The molecular weight excluding hydrogens is 390 g/mol. The third-order valence-electron chi connectivity index (χ3n) is 6.41. The maximum Gasteiger partial charge on any atom is 0.271 e. The molecule has 0 fully saturated rings. The summed E-state index contributed by atoms with van der Waals surface area (Å²) < 4.78 is 34.6. The third-order valence-corrected chi connectivity index (χ3v) is 9.18. The van der Waals surface area contributed by atoms with Gasteiger partial charge in [-0.3, -0.25) is 4.72 Å². The van der Waals surface area contributed by atoms with Gasteiger partial charge < -0.3 is 4.42 Å². The minimum absolute atomic E-state index is 0.287. The number of hydrogen-bond acceptors (Lipinski definition) is 4. The van der Waals surface area contributed by atoms with Crippen molar-refractivity contribution in [1.82, 2.24) is 0 Å². The number of hydrogen-bond donors (Lipinski definition) is 1. The van der Waals surface area contributed by atoms with Crippen LogP contribution < -0.4 is 4.72 Å². The average Bonchev–Trinajstić information content (AvgIpc) is 3.30. The van der Waals surface area contributed by atoms with Crippen LogP contribution in [0.4, 0.5) is 5.69 Å². The molecule has 0 aliphatic heterocycles. The predicted molar refractivity (Wildman–Crippen MR) is 116 cm³/mol. The Balaban J connectivity index is 1.74. The standard InChI is InChI=1S/C22H27NO3S2/c1-5-22(3,4)15-8-9-19-16(12-15)17-13-18(14(2)11-20(17)26-19)23-28(24,25)21-7-6-10-27-21/h6-7,10-11,13,15,23H,5,8-9,12H2,1-4H3/t15-/m0/s1. The van der Waals surface area contributed by atoms with Gasteiger partial charge in [0.15, 0.2) is 0 Å². The fraction of sp³-hybridized carbons (Fsp3) is 0.455. The number of fused-ring (bicyclic) bond motifs is 3. The average molecular weight is 418 g/mol. The fourth-order valence-electron chi connectivity index (χ4n) is 4.10. The van der Waals surface area contributed by atoms with Crippen molar-refractivity contribution < 1.29 is 12.8 Å². The molecule has 1 aromatic carbocycles. The molecule has 1 aliphatic rings. The second-order valence-electron chi connectivity index (χ2n) is 8.49. The minimum Gasteiger partial charge on any atom is -0.461 e. The van der Waals surface area contributed by atoms with Crippen LogP contribution in [0.5, 0.6) is 0 Å². The van der Waals surface area contributed by atoms with E-state index in [9.17, 15) is 8.42 Å². The first-order chi connectivity index (χ1) is 13.2. The van der Waals surface area contributed by atoms with Gasteiger partial charge in [0.1, 0.15) is 15.6 Å². The molecule has 0 bridgehead atoms. The molecule has 0 radical (unpaired) electrons. The molecule has 0 amide bonds. The van der Waals surface area contributed by atoms with Crippen LogP contribution in [-0.4, -0.2) is 8.42 Å². The Hall–Kier alpha value is -1.79. The summed E-state index contributed by atoms with van der Waals surface area (Å²) in [5, 5.41) is 2.81. The molecule has 2 aromatic heterocycles. The molecule has 0 spiro atoms. The lowest BCUT2D eigenvalue weighted by molar-refractivity contribution is 0.179. The summed E-state index contributed by atoms with van der Waals surface area (Å²) in [5.41, 5.74) is 3.89. The number of benzene rings is 1. The lowest BCUT2D eigenvalue weighted by Crippen LogP contribution is -2.28. The Labute approximate surface area is 171 Å². The summed E-state index contributed by atoms with van der Waals surface area (Å²) in [6.45, 7) is 8.85. The molecule has 3 aromatic rings. The van der Waals surface area contributed by atoms with Crippen LogP contribution in [-0.2, 0) is 22.9 Å². The van der Waals surface area contributed by atoms with Crippen molar-refractivity contribution in [2.24, 2.45) is 11.3 Å². The molecule has 4 nitrogen and oxygen atoms in total. The number of anilines is 1. The molecule has 6 heteroatoms. The molecule has 4 rings (SSSR count). The van der Waals surface area contributed by atoms with Gasteiger partial charge in [0.05, 0.1) is 5.69 Å². The van der Waals surface area contributed by atoms with Gasteiger partial charge in [0.25, 0.3) is 10.0 Å². The summed E-state index contributed by atoms with van der Waals surface area (Å²) >= 11 is 1.22. The first kappa shape index (κ1) is 19.5. The van der Waals surface area contributed by atoms with Crippen LogP contribution >= 0.6 is 11.3 Å². The monoisotopic (exact) mass is 417 g/mol. The maximum absolute atomic E-state index is 12.7. The van der Waals surface area contributed by atoms with Gasteiger partial charge in [0.2, 0.25) is 0 Å². The Kier molecular flexibility index (Phi) is 4.82. The van der Waals surface area contributed by atoms with Crippen LogP contribution in [0.2, 0.25) is 0 Å². The van der Waals surface area contributed by atoms with Crippen LogP contribution in [0, 0.1) is 18.3 Å². The molecule has 1 atom stereocenters. The van der Waals surface area contributed by atoms with E-state index in [-0.39, 0.29) is 5.41 Å². The molecule has 28 heavy (non-hydrogen) atoms. The van der Waals surface area contributed by atoms with E-state index in [0.29, 0.717) is 15.8 Å². The Bertz CT molecular complexity index is 1110. The third kappa shape index (κ3) is 3.37. The molecule has 150 valence electrons. The van der Waals surface area contributed by atoms with E-state index in [1.807, 2.05) is 19.1 Å². The van der Waals surface area contributed by atoms with Gasteiger partial charge >= 0.3 is 0 Å². The van der Waals surface area contributed by atoms with Crippen molar-refractivity contribution >= 4 is 38.0 Å². The largest absolute Gasteiger partial charge is 0.461 e.